The highest BCUT2D eigenvalue weighted by Gasteiger charge is 2.20. The molecule has 1 unspecified atom stereocenters. The van der Waals surface area contributed by atoms with Gasteiger partial charge in [-0.3, -0.25) is 14.2 Å². The Balaban J connectivity index is 1.70. The first-order chi connectivity index (χ1) is 17.0. The Morgan fingerprint density at radius 2 is 1.57 bits per heavy atom. The third-order valence-corrected chi connectivity index (χ3v) is 11.2. The smallest absolute Gasteiger partial charge is 0.262 e. The minimum atomic E-state index is -0.151. The lowest BCUT2D eigenvalue weighted by Crippen LogP contribution is -2.32. The minimum Gasteiger partial charge on any atom is -0.274 e. The van der Waals surface area contributed by atoms with Crippen LogP contribution in [0.1, 0.15) is 51.5 Å². The second kappa shape index (κ2) is 10.5. The fourth-order valence-electron chi connectivity index (χ4n) is 4.59. The average molecular weight is 540 g/mol. The summed E-state index contributed by atoms with van der Waals surface area (Å²) in [5.41, 5.74) is 0.920. The van der Waals surface area contributed by atoms with Gasteiger partial charge in [-0.2, -0.15) is 0 Å². The zero-order valence-corrected chi connectivity index (χ0v) is 23.5. The van der Waals surface area contributed by atoms with Crippen LogP contribution in [0.5, 0.6) is 0 Å². The van der Waals surface area contributed by atoms with Crippen molar-refractivity contribution >= 4 is 65.5 Å². The van der Waals surface area contributed by atoms with Crippen LogP contribution in [0, 0.1) is 12.8 Å². The Bertz CT molecular complexity index is 1580. The summed E-state index contributed by atoms with van der Waals surface area (Å²) in [6.07, 6.45) is 5.83. The van der Waals surface area contributed by atoms with Crippen molar-refractivity contribution in [3.05, 3.63) is 67.4 Å². The highest BCUT2D eigenvalue weighted by Crippen LogP contribution is 2.43. The molecule has 0 fully saturated rings. The van der Waals surface area contributed by atoms with Crippen LogP contribution in [0.2, 0.25) is 0 Å². The summed E-state index contributed by atoms with van der Waals surface area (Å²) in [5.74, 6) is 0.276. The van der Waals surface area contributed by atoms with E-state index in [-0.39, 0.29) is 17.0 Å². The topological polar surface area (TPSA) is 39.1 Å². The van der Waals surface area contributed by atoms with E-state index in [1.54, 1.807) is 45.3 Å². The van der Waals surface area contributed by atoms with Crippen molar-refractivity contribution in [1.29, 1.82) is 0 Å². The number of unbranched alkanes of at least 4 members (excludes halogenated alkanes) is 3. The predicted molar refractivity (Wildman–Crippen MR) is 157 cm³/mol. The van der Waals surface area contributed by atoms with Crippen molar-refractivity contribution in [3.63, 3.8) is 0 Å². The van der Waals surface area contributed by atoms with Gasteiger partial charge in [-0.15, -0.1) is 45.3 Å². The minimum absolute atomic E-state index is 0.150. The molecular weight excluding hydrogens is 511 g/mol. The van der Waals surface area contributed by atoms with Crippen LogP contribution in [0.4, 0.5) is 0 Å². The van der Waals surface area contributed by atoms with E-state index in [4.69, 9.17) is 0 Å². The van der Waals surface area contributed by atoms with Gasteiger partial charge in [0.15, 0.2) is 0 Å². The summed E-state index contributed by atoms with van der Waals surface area (Å²) < 4.78 is 3.40. The third-order valence-electron chi connectivity index (χ3n) is 6.52. The molecule has 0 aliphatic carbocycles. The van der Waals surface area contributed by atoms with Gasteiger partial charge in [0.25, 0.3) is 11.1 Å². The zero-order valence-electron chi connectivity index (χ0n) is 20.3. The van der Waals surface area contributed by atoms with Crippen LogP contribution in [0.3, 0.4) is 0 Å². The highest BCUT2D eigenvalue weighted by molar-refractivity contribution is 7.32. The molecule has 35 heavy (non-hydrogen) atoms. The van der Waals surface area contributed by atoms with Crippen LogP contribution < -0.4 is 11.1 Å². The number of nitrogens with zero attached hydrogens (tertiary/aromatic N) is 1. The Morgan fingerprint density at radius 1 is 0.857 bits per heavy atom. The van der Waals surface area contributed by atoms with E-state index in [0.29, 0.717) is 17.3 Å². The van der Waals surface area contributed by atoms with Gasteiger partial charge < -0.3 is 0 Å². The van der Waals surface area contributed by atoms with Crippen LogP contribution in [0.25, 0.3) is 39.7 Å². The number of aromatic nitrogens is 1. The first-order valence-electron chi connectivity index (χ1n) is 12.2. The monoisotopic (exact) mass is 539 g/mol. The second-order valence-electron chi connectivity index (χ2n) is 9.29. The molecule has 0 aliphatic rings. The highest BCUT2D eigenvalue weighted by atomic mass is 32.1. The van der Waals surface area contributed by atoms with E-state index < -0.39 is 0 Å². The molecule has 5 aromatic heterocycles. The molecule has 5 aromatic rings. The summed E-state index contributed by atoms with van der Waals surface area (Å²) in [4.78, 5) is 32.2. The van der Waals surface area contributed by atoms with Gasteiger partial charge in [-0.25, -0.2) is 0 Å². The van der Waals surface area contributed by atoms with Gasteiger partial charge in [0.1, 0.15) is 0 Å². The number of rotatable bonds is 9. The molecule has 0 aliphatic heterocycles. The molecule has 7 heteroatoms. The number of hydrogen-bond donors (Lipinski definition) is 0. The summed E-state index contributed by atoms with van der Waals surface area (Å²) in [7, 11) is 0. The SMILES string of the molecule is CCCCCCC(C)Cn1c(=O)c2cc(-c3cccs3)sc2c2sc(-c3sccc3C)cc2c1=O. The van der Waals surface area contributed by atoms with Gasteiger partial charge in [-0.05, 0) is 59.9 Å². The molecule has 0 aromatic carbocycles. The maximum absolute atomic E-state index is 13.8. The number of hydrogen-bond acceptors (Lipinski definition) is 6. The standard InChI is InChI=1S/C28H29NO2S4/c1-4-5-6-7-9-17(2)16-29-27(30)19-14-22(21-10-8-12-32-21)34-25(19)26-20(28(29)31)15-23(35-26)24-18(3)11-13-33-24/h8,10-15,17H,4-7,9,16H2,1-3H3. The van der Waals surface area contributed by atoms with Gasteiger partial charge in [-0.1, -0.05) is 45.6 Å². The van der Waals surface area contributed by atoms with Crippen LogP contribution in [-0.2, 0) is 6.54 Å². The molecular formula is C28H29NO2S4. The molecule has 5 rings (SSSR count). The average Bonchev–Trinajstić information content (AvgIpc) is 3.63. The summed E-state index contributed by atoms with van der Waals surface area (Å²) in [5, 5.41) is 5.49. The van der Waals surface area contributed by atoms with Crippen molar-refractivity contribution in [1.82, 2.24) is 4.57 Å². The van der Waals surface area contributed by atoms with Crippen molar-refractivity contribution in [3.8, 4) is 19.5 Å². The molecule has 1 atom stereocenters. The van der Waals surface area contributed by atoms with Gasteiger partial charge in [0.05, 0.1) is 20.2 Å². The molecule has 0 radical (unpaired) electrons. The van der Waals surface area contributed by atoms with E-state index >= 15 is 0 Å². The lowest BCUT2D eigenvalue weighted by Gasteiger charge is -2.11. The quantitative estimate of drug-likeness (QED) is 0.175. The summed E-state index contributed by atoms with van der Waals surface area (Å²) >= 11 is 6.67. The largest absolute Gasteiger partial charge is 0.274 e. The lowest BCUT2D eigenvalue weighted by atomic mass is 10.0. The molecule has 0 N–H and O–H groups in total. The fraction of sp³-hybridized carbons (Fsp3) is 0.357. The molecule has 0 spiro atoms. The molecule has 182 valence electrons. The zero-order chi connectivity index (χ0) is 24.5. The number of aryl methyl sites for hydroxylation is 1. The van der Waals surface area contributed by atoms with Crippen molar-refractivity contribution in [2.75, 3.05) is 0 Å². The predicted octanol–water partition coefficient (Wildman–Crippen LogP) is 9.01. The van der Waals surface area contributed by atoms with Crippen LogP contribution >= 0.6 is 45.3 Å². The van der Waals surface area contributed by atoms with E-state index in [1.165, 1.54) is 34.3 Å². The molecule has 0 amide bonds. The Kier molecular flexibility index (Phi) is 7.39. The lowest BCUT2D eigenvalue weighted by molar-refractivity contribution is 0.418. The Hall–Kier alpha value is -2.06. The van der Waals surface area contributed by atoms with Crippen molar-refractivity contribution in [2.24, 2.45) is 5.92 Å². The van der Waals surface area contributed by atoms with E-state index in [9.17, 15) is 9.59 Å². The molecule has 0 saturated carbocycles. The molecule has 0 bridgehead atoms. The molecule has 5 heterocycles. The Morgan fingerprint density at radius 3 is 2.20 bits per heavy atom. The molecule has 0 saturated heterocycles. The number of fused-ring (bicyclic) bond motifs is 3. The number of thiophene rings is 4. The normalized spacial score (nSPS) is 12.7. The van der Waals surface area contributed by atoms with Gasteiger partial charge in [0.2, 0.25) is 0 Å². The maximum atomic E-state index is 13.8. The Labute approximate surface area is 221 Å². The van der Waals surface area contributed by atoms with Crippen molar-refractivity contribution in [2.45, 2.75) is 59.4 Å². The van der Waals surface area contributed by atoms with Crippen LogP contribution in [0.15, 0.2) is 50.7 Å². The first kappa shape index (κ1) is 24.6. The third kappa shape index (κ3) is 4.84. The van der Waals surface area contributed by atoms with E-state index in [0.717, 1.165) is 36.9 Å². The van der Waals surface area contributed by atoms with Gasteiger partial charge >= 0.3 is 0 Å². The van der Waals surface area contributed by atoms with Crippen molar-refractivity contribution < 1.29 is 0 Å². The first-order valence-corrected chi connectivity index (χ1v) is 15.6. The molecule has 3 nitrogen and oxygen atoms in total. The fourth-order valence-corrected chi connectivity index (χ4v) is 8.98. The summed E-state index contributed by atoms with van der Waals surface area (Å²) in [6.45, 7) is 6.96. The summed E-state index contributed by atoms with van der Waals surface area (Å²) in [6, 6.07) is 10.3. The van der Waals surface area contributed by atoms with Gasteiger partial charge in [0, 0.05) is 26.1 Å². The second-order valence-corrected chi connectivity index (χ2v) is 13.3. The van der Waals surface area contributed by atoms with E-state index in [2.05, 4.69) is 43.7 Å². The van der Waals surface area contributed by atoms with Crippen LogP contribution in [-0.4, -0.2) is 4.57 Å². The van der Waals surface area contributed by atoms with E-state index in [1.807, 2.05) is 18.2 Å². The maximum Gasteiger partial charge on any atom is 0.262 e.